The minimum absolute atomic E-state index is 0.388. The number of Topliss-reactive ketones (excluding diaryl/α,β-unsaturated/α-hetero) is 1. The van der Waals surface area contributed by atoms with Crippen molar-refractivity contribution in [1.82, 2.24) is 4.72 Å². The first-order valence-electron chi connectivity index (χ1n) is 8.12. The summed E-state index contributed by atoms with van der Waals surface area (Å²) in [5.41, 5.74) is 3.19. The van der Waals surface area contributed by atoms with Gasteiger partial charge in [-0.15, -0.1) is 0 Å². The van der Waals surface area contributed by atoms with Crippen LogP contribution in [0.5, 0.6) is 0 Å². The molecule has 27 heavy (non-hydrogen) atoms. The molecule has 0 heterocycles. The van der Waals surface area contributed by atoms with E-state index in [1.54, 1.807) is 13.0 Å². The fourth-order valence-corrected chi connectivity index (χ4v) is 3.48. The Kier molecular flexibility index (Phi) is 6.45. The quantitative estimate of drug-likeness (QED) is 0.577. The molecule has 0 atom stereocenters. The summed E-state index contributed by atoms with van der Waals surface area (Å²) in [5, 5.41) is 0. The summed E-state index contributed by atoms with van der Waals surface area (Å²) < 4.78 is 44.4. The minimum atomic E-state index is -4.20. The lowest BCUT2D eigenvalue weighted by Crippen LogP contribution is -2.32. The summed E-state index contributed by atoms with van der Waals surface area (Å²) in [7, 11) is -4.20. The van der Waals surface area contributed by atoms with Gasteiger partial charge < -0.3 is 4.74 Å². The maximum atomic E-state index is 13.6. The van der Waals surface area contributed by atoms with Crippen LogP contribution < -0.4 is 4.72 Å². The lowest BCUT2D eigenvalue weighted by atomic mass is 9.98. The molecule has 0 bridgehead atoms. The molecule has 0 saturated heterocycles. The van der Waals surface area contributed by atoms with Crippen molar-refractivity contribution in [1.29, 1.82) is 0 Å². The van der Waals surface area contributed by atoms with Crippen LogP contribution in [0.15, 0.2) is 41.3 Å². The topological polar surface area (TPSA) is 89.5 Å². The van der Waals surface area contributed by atoms with E-state index in [1.165, 1.54) is 12.1 Å². The highest BCUT2D eigenvalue weighted by atomic mass is 32.2. The maximum absolute atomic E-state index is 13.6. The largest absolute Gasteiger partial charge is 0.456 e. The van der Waals surface area contributed by atoms with Crippen molar-refractivity contribution in [2.24, 2.45) is 0 Å². The van der Waals surface area contributed by atoms with E-state index in [2.05, 4.69) is 0 Å². The third-order valence-electron chi connectivity index (χ3n) is 4.04. The highest BCUT2D eigenvalue weighted by Crippen LogP contribution is 2.16. The summed E-state index contributed by atoms with van der Waals surface area (Å²) in [6.45, 7) is 4.36. The molecule has 6 nitrogen and oxygen atoms in total. The van der Waals surface area contributed by atoms with Crippen LogP contribution in [0.3, 0.4) is 0 Å². The molecule has 2 aromatic carbocycles. The third-order valence-corrected chi connectivity index (χ3v) is 5.47. The third kappa shape index (κ3) is 5.21. The average molecular weight is 393 g/mol. The second kappa shape index (κ2) is 8.41. The fraction of sp³-hybridized carbons (Fsp3) is 0.263. The Hall–Kier alpha value is -2.58. The van der Waals surface area contributed by atoms with Gasteiger partial charge >= 0.3 is 5.97 Å². The van der Waals surface area contributed by atoms with Crippen LogP contribution >= 0.6 is 0 Å². The van der Waals surface area contributed by atoms with Crippen LogP contribution in [0.1, 0.15) is 27.0 Å². The van der Waals surface area contributed by atoms with Gasteiger partial charge in [0, 0.05) is 5.56 Å². The molecular formula is C19H20FNO5S. The molecule has 1 N–H and O–H groups in total. The first kappa shape index (κ1) is 20.7. The number of nitrogens with one attached hydrogen (secondary N) is 1. The molecule has 0 aliphatic carbocycles. The Balaban J connectivity index is 1.94. The first-order valence-corrected chi connectivity index (χ1v) is 9.61. The van der Waals surface area contributed by atoms with Gasteiger partial charge in [0.2, 0.25) is 15.8 Å². The summed E-state index contributed by atoms with van der Waals surface area (Å²) in [6.07, 6.45) is 0. The number of ether oxygens (including phenoxy) is 1. The molecule has 0 radical (unpaired) electrons. The number of aryl methyl sites for hydroxylation is 3. The zero-order valence-electron chi connectivity index (χ0n) is 15.2. The van der Waals surface area contributed by atoms with Gasteiger partial charge in [0.1, 0.15) is 17.3 Å². The maximum Gasteiger partial charge on any atom is 0.321 e. The van der Waals surface area contributed by atoms with Gasteiger partial charge in [0.25, 0.3) is 0 Å². The van der Waals surface area contributed by atoms with Crippen molar-refractivity contribution in [3.63, 3.8) is 0 Å². The predicted molar refractivity (Wildman–Crippen MR) is 97.5 cm³/mol. The van der Waals surface area contributed by atoms with E-state index in [1.807, 2.05) is 24.6 Å². The van der Waals surface area contributed by atoms with Crippen LogP contribution in [0.4, 0.5) is 4.39 Å². The second-order valence-electron chi connectivity index (χ2n) is 6.09. The molecule has 0 fully saturated rings. The number of hydrogen-bond acceptors (Lipinski definition) is 5. The van der Waals surface area contributed by atoms with E-state index in [9.17, 15) is 22.4 Å². The highest BCUT2D eigenvalue weighted by molar-refractivity contribution is 7.89. The monoisotopic (exact) mass is 393 g/mol. The Bertz CT molecular complexity index is 986. The van der Waals surface area contributed by atoms with Crippen LogP contribution in [0.2, 0.25) is 0 Å². The zero-order valence-corrected chi connectivity index (χ0v) is 16.0. The van der Waals surface area contributed by atoms with Gasteiger partial charge in [0.05, 0.1) is 0 Å². The molecule has 0 aliphatic heterocycles. The minimum Gasteiger partial charge on any atom is -0.456 e. The van der Waals surface area contributed by atoms with Gasteiger partial charge in [-0.3, -0.25) is 9.59 Å². The number of esters is 1. The van der Waals surface area contributed by atoms with E-state index >= 15 is 0 Å². The molecule has 0 amide bonds. The number of hydrogen-bond donors (Lipinski definition) is 1. The Morgan fingerprint density at radius 2 is 1.67 bits per heavy atom. The molecule has 2 aromatic rings. The number of carbonyl (C=O) groups excluding carboxylic acids is 2. The van der Waals surface area contributed by atoms with Crippen molar-refractivity contribution in [3.8, 4) is 0 Å². The van der Waals surface area contributed by atoms with Gasteiger partial charge in [0.15, 0.2) is 6.61 Å². The zero-order chi connectivity index (χ0) is 20.2. The van der Waals surface area contributed by atoms with E-state index in [4.69, 9.17) is 4.74 Å². The first-order chi connectivity index (χ1) is 12.6. The van der Waals surface area contributed by atoms with Crippen molar-refractivity contribution in [2.45, 2.75) is 25.7 Å². The summed E-state index contributed by atoms with van der Waals surface area (Å²) in [5.74, 6) is -2.26. The van der Waals surface area contributed by atoms with Crippen LogP contribution in [0, 0.1) is 26.6 Å². The summed E-state index contributed by atoms with van der Waals surface area (Å²) >= 11 is 0. The van der Waals surface area contributed by atoms with Gasteiger partial charge in [-0.25, -0.2) is 12.8 Å². The molecule has 2 rings (SSSR count). The smallest absolute Gasteiger partial charge is 0.321 e. The second-order valence-corrected chi connectivity index (χ2v) is 7.83. The lowest BCUT2D eigenvalue weighted by molar-refractivity contribution is -0.141. The van der Waals surface area contributed by atoms with Gasteiger partial charge in [-0.1, -0.05) is 18.2 Å². The van der Waals surface area contributed by atoms with Crippen molar-refractivity contribution in [2.75, 3.05) is 13.2 Å². The number of ketones is 1. The molecule has 0 aromatic heterocycles. The summed E-state index contributed by atoms with van der Waals surface area (Å²) in [6, 6.07) is 8.38. The molecular weight excluding hydrogens is 373 g/mol. The lowest BCUT2D eigenvalue weighted by Gasteiger charge is -2.10. The normalized spacial score (nSPS) is 11.3. The van der Waals surface area contributed by atoms with E-state index < -0.39 is 39.9 Å². The average Bonchev–Trinajstić information content (AvgIpc) is 2.61. The van der Waals surface area contributed by atoms with Crippen LogP contribution in [-0.2, 0) is 19.6 Å². The molecule has 0 spiro atoms. The number of rotatable bonds is 7. The van der Waals surface area contributed by atoms with Crippen LogP contribution in [-0.4, -0.2) is 33.3 Å². The number of sulfonamides is 1. The molecule has 8 heteroatoms. The van der Waals surface area contributed by atoms with E-state index in [0.29, 0.717) is 5.56 Å². The van der Waals surface area contributed by atoms with E-state index in [0.717, 1.165) is 28.8 Å². The Morgan fingerprint density at radius 1 is 1.04 bits per heavy atom. The summed E-state index contributed by atoms with van der Waals surface area (Å²) in [4.78, 5) is 23.4. The number of carbonyl (C=O) groups is 2. The van der Waals surface area contributed by atoms with E-state index in [-0.39, 0.29) is 5.78 Å². The molecule has 0 saturated carbocycles. The standard InChI is InChI=1S/C19H20FNO5S/c1-12-8-14(3)15(9-13(12)2)17(22)11-26-19(23)10-21-27(24,25)18-7-5-4-6-16(18)20/h4-9,21H,10-11H2,1-3H3. The van der Waals surface area contributed by atoms with Crippen molar-refractivity contribution in [3.05, 3.63) is 64.5 Å². The molecule has 0 unspecified atom stereocenters. The molecule has 0 aliphatic rings. The Morgan fingerprint density at radius 3 is 2.33 bits per heavy atom. The molecule has 144 valence electrons. The van der Waals surface area contributed by atoms with Gasteiger partial charge in [-0.2, -0.15) is 4.72 Å². The number of benzene rings is 2. The van der Waals surface area contributed by atoms with Crippen LogP contribution in [0.25, 0.3) is 0 Å². The SMILES string of the molecule is Cc1cc(C)c(C(=O)COC(=O)CNS(=O)(=O)c2ccccc2F)cc1C. The predicted octanol–water partition coefficient (Wildman–Crippen LogP) is 2.46. The Labute approximate surface area is 157 Å². The highest BCUT2D eigenvalue weighted by Gasteiger charge is 2.20. The number of halogens is 1. The van der Waals surface area contributed by atoms with Gasteiger partial charge in [-0.05, 0) is 55.7 Å². The van der Waals surface area contributed by atoms with Crippen molar-refractivity contribution < 1.29 is 27.1 Å². The fourth-order valence-electron chi connectivity index (χ4n) is 2.43. The van der Waals surface area contributed by atoms with Crippen molar-refractivity contribution >= 4 is 21.8 Å².